The van der Waals surface area contributed by atoms with E-state index in [-0.39, 0.29) is 5.02 Å². The minimum Gasteiger partial charge on any atom is -0.464 e. The Bertz CT molecular complexity index is 472. The van der Waals surface area contributed by atoms with Gasteiger partial charge in [0.2, 0.25) is 0 Å². The molecule has 14 heavy (non-hydrogen) atoms. The molecule has 0 saturated heterocycles. The van der Waals surface area contributed by atoms with Crippen LogP contribution in [0.1, 0.15) is 5.56 Å². The van der Waals surface area contributed by atoms with Crippen LogP contribution in [-0.2, 0) is 6.18 Å². The van der Waals surface area contributed by atoms with E-state index in [0.717, 1.165) is 6.07 Å². The molecule has 0 spiro atoms. The van der Waals surface area contributed by atoms with E-state index in [2.05, 4.69) is 0 Å². The van der Waals surface area contributed by atoms with Gasteiger partial charge in [-0.25, -0.2) is 0 Å². The Balaban J connectivity index is 2.71. The minimum atomic E-state index is -4.43. The molecule has 1 aromatic heterocycles. The van der Waals surface area contributed by atoms with Gasteiger partial charge in [0, 0.05) is 11.5 Å². The van der Waals surface area contributed by atoms with Gasteiger partial charge in [-0.05, 0) is 12.1 Å². The molecular formula is C9H4ClF3O. The van der Waals surface area contributed by atoms with Crippen molar-refractivity contribution in [1.82, 2.24) is 0 Å². The van der Waals surface area contributed by atoms with Gasteiger partial charge in [0.25, 0.3) is 0 Å². The van der Waals surface area contributed by atoms with E-state index < -0.39 is 11.7 Å². The maximum Gasteiger partial charge on any atom is 0.417 e. The first-order valence-corrected chi connectivity index (χ1v) is 4.10. The van der Waals surface area contributed by atoms with Gasteiger partial charge >= 0.3 is 6.18 Å². The topological polar surface area (TPSA) is 13.1 Å². The van der Waals surface area contributed by atoms with E-state index in [1.54, 1.807) is 0 Å². The summed E-state index contributed by atoms with van der Waals surface area (Å²) in [6.07, 6.45) is -3.11. The van der Waals surface area contributed by atoms with Crippen LogP contribution in [0.4, 0.5) is 13.2 Å². The second kappa shape index (κ2) is 2.92. The van der Waals surface area contributed by atoms with Crippen LogP contribution in [0.2, 0.25) is 5.02 Å². The van der Waals surface area contributed by atoms with Gasteiger partial charge in [-0.3, -0.25) is 0 Å². The summed E-state index contributed by atoms with van der Waals surface area (Å²) in [5.41, 5.74) is -0.490. The van der Waals surface area contributed by atoms with E-state index in [4.69, 9.17) is 16.0 Å². The fourth-order valence-corrected chi connectivity index (χ4v) is 1.46. The first-order valence-electron chi connectivity index (χ1n) is 3.72. The molecule has 0 saturated carbocycles. The summed E-state index contributed by atoms with van der Waals surface area (Å²) in [5.74, 6) is 0. The quantitative estimate of drug-likeness (QED) is 0.651. The lowest BCUT2D eigenvalue weighted by molar-refractivity contribution is -0.137. The smallest absolute Gasteiger partial charge is 0.417 e. The Morgan fingerprint density at radius 3 is 2.57 bits per heavy atom. The largest absolute Gasteiger partial charge is 0.464 e. The third-order valence-electron chi connectivity index (χ3n) is 1.85. The summed E-state index contributed by atoms with van der Waals surface area (Å²) in [7, 11) is 0. The van der Waals surface area contributed by atoms with Crippen molar-refractivity contribution < 1.29 is 17.6 Å². The molecule has 5 heteroatoms. The lowest BCUT2D eigenvalue weighted by Crippen LogP contribution is -2.05. The summed E-state index contributed by atoms with van der Waals surface area (Å²) in [4.78, 5) is 0. The first kappa shape index (κ1) is 9.40. The highest BCUT2D eigenvalue weighted by Gasteiger charge is 2.33. The lowest BCUT2D eigenvalue weighted by Gasteiger charge is -2.07. The summed E-state index contributed by atoms with van der Waals surface area (Å²) in [6, 6.07) is 3.60. The summed E-state index contributed by atoms with van der Waals surface area (Å²) in [5, 5.41) is 0.0432. The molecule has 1 heterocycles. The number of rotatable bonds is 0. The monoisotopic (exact) mass is 220 g/mol. The highest BCUT2D eigenvalue weighted by Crippen LogP contribution is 2.37. The molecule has 0 radical (unpaired) electrons. The molecule has 2 rings (SSSR count). The first-order chi connectivity index (χ1) is 6.48. The fraction of sp³-hybridized carbons (Fsp3) is 0.111. The molecule has 0 amide bonds. The third-order valence-corrected chi connectivity index (χ3v) is 2.16. The lowest BCUT2D eigenvalue weighted by atomic mass is 10.1. The highest BCUT2D eigenvalue weighted by atomic mass is 35.5. The maximum absolute atomic E-state index is 12.4. The van der Waals surface area contributed by atoms with Crippen molar-refractivity contribution in [1.29, 1.82) is 0 Å². The molecule has 0 N–H and O–H groups in total. The van der Waals surface area contributed by atoms with E-state index >= 15 is 0 Å². The van der Waals surface area contributed by atoms with Crippen molar-refractivity contribution in [2.45, 2.75) is 6.18 Å². The number of hydrogen-bond acceptors (Lipinski definition) is 1. The van der Waals surface area contributed by atoms with Crippen LogP contribution >= 0.6 is 11.6 Å². The number of fused-ring (bicyclic) bond motifs is 1. The normalized spacial score (nSPS) is 12.3. The molecular weight excluding hydrogens is 217 g/mol. The Labute approximate surface area is 82.1 Å². The Kier molecular flexibility index (Phi) is 1.96. The molecule has 0 bridgehead atoms. The van der Waals surface area contributed by atoms with Crippen molar-refractivity contribution in [3.05, 3.63) is 35.0 Å². The SMILES string of the molecule is FC(F)(F)c1cc2ccoc2cc1Cl. The van der Waals surface area contributed by atoms with Gasteiger partial charge < -0.3 is 4.42 Å². The predicted octanol–water partition coefficient (Wildman–Crippen LogP) is 4.11. The van der Waals surface area contributed by atoms with Gasteiger partial charge in [-0.15, -0.1) is 0 Å². The van der Waals surface area contributed by atoms with Gasteiger partial charge in [-0.1, -0.05) is 11.6 Å². The molecule has 1 nitrogen and oxygen atoms in total. The minimum absolute atomic E-state index is 0.347. The molecule has 0 unspecified atom stereocenters. The summed E-state index contributed by atoms with van der Waals surface area (Å²) in [6.45, 7) is 0. The van der Waals surface area contributed by atoms with Gasteiger partial charge in [0.1, 0.15) is 5.58 Å². The average Bonchev–Trinajstić information content (AvgIpc) is 2.47. The van der Waals surface area contributed by atoms with E-state index in [1.807, 2.05) is 0 Å². The van der Waals surface area contributed by atoms with Crippen LogP contribution in [0.25, 0.3) is 11.0 Å². The van der Waals surface area contributed by atoms with Crippen LogP contribution in [0, 0.1) is 0 Å². The van der Waals surface area contributed by atoms with E-state index in [9.17, 15) is 13.2 Å². The molecule has 1 aromatic carbocycles. The van der Waals surface area contributed by atoms with Gasteiger partial charge in [-0.2, -0.15) is 13.2 Å². The molecule has 0 aliphatic rings. The highest BCUT2D eigenvalue weighted by molar-refractivity contribution is 6.32. The maximum atomic E-state index is 12.4. The summed E-state index contributed by atoms with van der Waals surface area (Å²) >= 11 is 5.46. The van der Waals surface area contributed by atoms with Crippen molar-refractivity contribution in [3.63, 3.8) is 0 Å². The molecule has 0 fully saturated rings. The van der Waals surface area contributed by atoms with Crippen LogP contribution in [0.3, 0.4) is 0 Å². The average molecular weight is 221 g/mol. The van der Waals surface area contributed by atoms with E-state index in [1.165, 1.54) is 18.4 Å². The molecule has 0 aliphatic heterocycles. The predicted molar refractivity (Wildman–Crippen MR) is 46.2 cm³/mol. The number of furan rings is 1. The van der Waals surface area contributed by atoms with Gasteiger partial charge in [0.15, 0.2) is 0 Å². The number of halogens is 4. The molecule has 0 aliphatic carbocycles. The molecule has 74 valence electrons. The molecule has 0 atom stereocenters. The van der Waals surface area contributed by atoms with Crippen LogP contribution in [-0.4, -0.2) is 0 Å². The zero-order valence-corrected chi connectivity index (χ0v) is 7.49. The molecule has 2 aromatic rings. The van der Waals surface area contributed by atoms with Crippen molar-refractivity contribution in [2.75, 3.05) is 0 Å². The van der Waals surface area contributed by atoms with Crippen molar-refractivity contribution >= 4 is 22.6 Å². The van der Waals surface area contributed by atoms with Gasteiger partial charge in [0.05, 0.1) is 16.8 Å². The Morgan fingerprint density at radius 2 is 1.93 bits per heavy atom. The van der Waals surface area contributed by atoms with Crippen LogP contribution in [0.15, 0.2) is 28.9 Å². The Hall–Kier alpha value is -1.16. The van der Waals surface area contributed by atoms with E-state index in [0.29, 0.717) is 11.0 Å². The number of benzene rings is 1. The standard InChI is InChI=1S/C9H4ClF3O/c10-7-4-8-5(1-2-14-8)3-6(7)9(11,12)13/h1-4H. The van der Waals surface area contributed by atoms with Crippen molar-refractivity contribution in [3.8, 4) is 0 Å². The van der Waals surface area contributed by atoms with Crippen molar-refractivity contribution in [2.24, 2.45) is 0 Å². The second-order valence-electron chi connectivity index (χ2n) is 2.79. The fourth-order valence-electron chi connectivity index (χ4n) is 1.20. The second-order valence-corrected chi connectivity index (χ2v) is 3.20. The van der Waals surface area contributed by atoms with Crippen LogP contribution in [0.5, 0.6) is 0 Å². The third kappa shape index (κ3) is 1.46. The zero-order valence-electron chi connectivity index (χ0n) is 6.73. The zero-order chi connectivity index (χ0) is 10.3. The number of alkyl halides is 3. The summed E-state index contributed by atoms with van der Waals surface area (Å²) < 4.78 is 42.0. The number of hydrogen-bond donors (Lipinski definition) is 0. The van der Waals surface area contributed by atoms with Crippen LogP contribution < -0.4 is 0 Å². The Morgan fingerprint density at radius 1 is 1.21 bits per heavy atom.